The van der Waals surface area contributed by atoms with Crippen molar-refractivity contribution in [1.29, 1.82) is 0 Å². The molecule has 0 spiro atoms. The van der Waals surface area contributed by atoms with Gasteiger partial charge in [-0.15, -0.1) is 11.8 Å². The minimum absolute atomic E-state index is 0.702. The summed E-state index contributed by atoms with van der Waals surface area (Å²) in [6.07, 6.45) is 4.12. The van der Waals surface area contributed by atoms with Gasteiger partial charge in [-0.05, 0) is 49.9 Å². The van der Waals surface area contributed by atoms with E-state index in [1.54, 1.807) is 18.9 Å². The van der Waals surface area contributed by atoms with Crippen LogP contribution in [0.2, 0.25) is 0 Å². The summed E-state index contributed by atoms with van der Waals surface area (Å²) in [4.78, 5) is 10.7. The number of aryl methyl sites for hydroxylation is 2. The molecule has 2 heterocycles. The number of thioether (sulfide) groups is 1. The molecule has 0 saturated carbocycles. The Bertz CT molecular complexity index is 1120. The summed E-state index contributed by atoms with van der Waals surface area (Å²) in [6, 6.07) is 16.8. The molecule has 136 valence electrons. The second-order valence-corrected chi connectivity index (χ2v) is 7.34. The molecular weight excluding hydrogens is 354 g/mol. The number of hydrogen-bond donors (Lipinski definition) is 0. The highest BCUT2D eigenvalue weighted by molar-refractivity contribution is 7.98. The Morgan fingerprint density at radius 2 is 1.67 bits per heavy atom. The van der Waals surface area contributed by atoms with E-state index in [1.807, 2.05) is 32.2 Å². The number of imidazole rings is 1. The molecule has 0 aliphatic carbocycles. The molecule has 4 aromatic rings. The average molecular weight is 375 g/mol. The van der Waals surface area contributed by atoms with E-state index in [4.69, 9.17) is 9.72 Å². The summed E-state index contributed by atoms with van der Waals surface area (Å²) in [5, 5.41) is 0. The van der Waals surface area contributed by atoms with Crippen molar-refractivity contribution in [2.45, 2.75) is 18.7 Å². The molecule has 4 rings (SSSR count). The van der Waals surface area contributed by atoms with E-state index in [1.165, 1.54) is 4.90 Å². The third-order valence-corrected chi connectivity index (χ3v) is 5.42. The molecule has 0 amide bonds. The fourth-order valence-electron chi connectivity index (χ4n) is 3.21. The topological polar surface area (TPSA) is 39.4 Å². The van der Waals surface area contributed by atoms with Crippen molar-refractivity contribution in [1.82, 2.24) is 14.4 Å². The minimum Gasteiger partial charge on any atom is -0.496 e. The van der Waals surface area contributed by atoms with Crippen LogP contribution in [0.4, 0.5) is 0 Å². The number of ether oxygens (including phenoxy) is 1. The quantitative estimate of drug-likeness (QED) is 0.447. The second kappa shape index (κ2) is 7.08. The average Bonchev–Trinajstić information content (AvgIpc) is 3.06. The van der Waals surface area contributed by atoms with Gasteiger partial charge in [0.1, 0.15) is 5.75 Å². The van der Waals surface area contributed by atoms with Gasteiger partial charge in [-0.25, -0.2) is 9.97 Å². The Hall–Kier alpha value is -2.79. The van der Waals surface area contributed by atoms with Crippen LogP contribution in [-0.2, 0) is 0 Å². The Kier molecular flexibility index (Phi) is 4.62. The Balaban J connectivity index is 1.99. The van der Waals surface area contributed by atoms with Crippen molar-refractivity contribution in [2.75, 3.05) is 13.4 Å². The van der Waals surface area contributed by atoms with E-state index in [-0.39, 0.29) is 0 Å². The molecule has 2 aromatic heterocycles. The maximum absolute atomic E-state index is 5.52. The first-order chi connectivity index (χ1) is 13.1. The molecule has 0 atom stereocenters. The molecule has 0 bridgehead atoms. The van der Waals surface area contributed by atoms with Crippen molar-refractivity contribution in [3.8, 4) is 28.3 Å². The molecule has 0 aliphatic rings. The largest absolute Gasteiger partial charge is 0.496 e. The Labute approximate surface area is 163 Å². The number of hydrogen-bond acceptors (Lipinski definition) is 4. The van der Waals surface area contributed by atoms with Crippen molar-refractivity contribution < 1.29 is 4.74 Å². The highest BCUT2D eigenvalue weighted by Crippen LogP contribution is 2.35. The predicted molar refractivity (Wildman–Crippen MR) is 112 cm³/mol. The highest BCUT2D eigenvalue weighted by atomic mass is 32.2. The van der Waals surface area contributed by atoms with Gasteiger partial charge in [-0.2, -0.15) is 0 Å². The van der Waals surface area contributed by atoms with Crippen LogP contribution in [0.3, 0.4) is 0 Å². The monoisotopic (exact) mass is 375 g/mol. The molecule has 5 heteroatoms. The lowest BCUT2D eigenvalue weighted by atomic mass is 10.0. The van der Waals surface area contributed by atoms with Crippen LogP contribution >= 0.6 is 11.8 Å². The van der Waals surface area contributed by atoms with Crippen LogP contribution in [0.5, 0.6) is 5.75 Å². The van der Waals surface area contributed by atoms with Crippen molar-refractivity contribution >= 4 is 17.5 Å². The van der Waals surface area contributed by atoms with E-state index in [0.29, 0.717) is 5.78 Å². The zero-order valence-electron chi connectivity index (χ0n) is 15.9. The molecule has 2 aromatic carbocycles. The molecule has 0 unspecified atom stereocenters. The van der Waals surface area contributed by atoms with Gasteiger partial charge in [0, 0.05) is 27.9 Å². The fraction of sp³-hybridized carbons (Fsp3) is 0.182. The van der Waals surface area contributed by atoms with Gasteiger partial charge in [0.2, 0.25) is 5.78 Å². The first-order valence-corrected chi connectivity index (χ1v) is 9.98. The van der Waals surface area contributed by atoms with Gasteiger partial charge in [0.15, 0.2) is 0 Å². The summed E-state index contributed by atoms with van der Waals surface area (Å²) in [5.74, 6) is 1.56. The standard InChI is InChI=1S/C22H21N3OS/c1-14-5-6-17(13-19(14)26-3)20-21(16-7-9-18(27-4)10-8-16)25-12-11-15(2)23-22(25)24-20/h5-13H,1-4H3. The summed E-state index contributed by atoms with van der Waals surface area (Å²) in [6.45, 7) is 4.02. The van der Waals surface area contributed by atoms with Gasteiger partial charge >= 0.3 is 0 Å². The highest BCUT2D eigenvalue weighted by Gasteiger charge is 2.18. The van der Waals surface area contributed by atoms with Crippen LogP contribution in [0.15, 0.2) is 59.6 Å². The molecule has 0 aliphatic heterocycles. The second-order valence-electron chi connectivity index (χ2n) is 6.46. The van der Waals surface area contributed by atoms with Gasteiger partial charge < -0.3 is 4.74 Å². The number of nitrogens with zero attached hydrogens (tertiary/aromatic N) is 3. The van der Waals surface area contributed by atoms with Crippen LogP contribution in [0, 0.1) is 13.8 Å². The van der Waals surface area contributed by atoms with Gasteiger partial charge in [-0.1, -0.05) is 24.3 Å². The van der Waals surface area contributed by atoms with Crippen LogP contribution in [-0.4, -0.2) is 27.7 Å². The molecule has 4 nitrogen and oxygen atoms in total. The number of aromatic nitrogens is 3. The van der Waals surface area contributed by atoms with Crippen LogP contribution in [0.1, 0.15) is 11.3 Å². The van der Waals surface area contributed by atoms with Crippen LogP contribution in [0.25, 0.3) is 28.3 Å². The summed E-state index contributed by atoms with van der Waals surface area (Å²) < 4.78 is 7.58. The first-order valence-electron chi connectivity index (χ1n) is 8.76. The summed E-state index contributed by atoms with van der Waals surface area (Å²) in [7, 11) is 1.70. The maximum Gasteiger partial charge on any atom is 0.235 e. The van der Waals surface area contributed by atoms with Crippen molar-refractivity contribution in [3.63, 3.8) is 0 Å². The molecule has 0 radical (unpaired) electrons. The van der Waals surface area contributed by atoms with Crippen molar-refractivity contribution in [2.24, 2.45) is 0 Å². The molecule has 0 N–H and O–H groups in total. The summed E-state index contributed by atoms with van der Waals surface area (Å²) >= 11 is 1.74. The SMILES string of the molecule is COc1cc(-c2nc3nc(C)ccn3c2-c2ccc(SC)cc2)ccc1C. The lowest BCUT2D eigenvalue weighted by molar-refractivity contribution is 0.412. The molecular formula is C22H21N3OS. The Morgan fingerprint density at radius 1 is 0.926 bits per heavy atom. The molecule has 0 fully saturated rings. The number of methoxy groups -OCH3 is 1. The van der Waals surface area contributed by atoms with E-state index < -0.39 is 0 Å². The third kappa shape index (κ3) is 3.19. The number of fused-ring (bicyclic) bond motifs is 1. The smallest absolute Gasteiger partial charge is 0.235 e. The van der Waals surface area contributed by atoms with Crippen LogP contribution < -0.4 is 4.74 Å². The molecule has 0 saturated heterocycles. The lowest BCUT2D eigenvalue weighted by Gasteiger charge is -2.09. The van der Waals surface area contributed by atoms with E-state index in [0.717, 1.165) is 39.5 Å². The van der Waals surface area contributed by atoms with Gasteiger partial charge in [0.05, 0.1) is 18.5 Å². The maximum atomic E-state index is 5.52. The normalized spacial score (nSPS) is 11.1. The lowest BCUT2D eigenvalue weighted by Crippen LogP contribution is -1.93. The third-order valence-electron chi connectivity index (χ3n) is 4.68. The van der Waals surface area contributed by atoms with Gasteiger partial charge in [-0.3, -0.25) is 4.40 Å². The number of rotatable bonds is 4. The molecule has 27 heavy (non-hydrogen) atoms. The van der Waals surface area contributed by atoms with E-state index >= 15 is 0 Å². The minimum atomic E-state index is 0.702. The van der Waals surface area contributed by atoms with Gasteiger partial charge in [0.25, 0.3) is 0 Å². The van der Waals surface area contributed by atoms with Crippen molar-refractivity contribution in [3.05, 3.63) is 66.0 Å². The summed E-state index contributed by atoms with van der Waals surface area (Å²) in [5.41, 5.74) is 6.12. The first kappa shape index (κ1) is 17.6. The van der Waals surface area contributed by atoms with E-state index in [9.17, 15) is 0 Å². The Morgan fingerprint density at radius 3 is 2.37 bits per heavy atom. The van der Waals surface area contributed by atoms with E-state index in [2.05, 4.69) is 52.0 Å². The zero-order valence-corrected chi connectivity index (χ0v) is 16.7. The zero-order chi connectivity index (χ0) is 19.0. The fourth-order valence-corrected chi connectivity index (χ4v) is 3.62. The predicted octanol–water partition coefficient (Wildman–Crippen LogP) is 5.41. The number of benzene rings is 2.